The molecule has 3 rings (SSSR count). The number of nitrogens with zero attached hydrogens (tertiary/aromatic N) is 1. The average molecular weight is 718 g/mol. The monoisotopic (exact) mass is 719 g/mol. The number of aryl methyl sites for hydroxylation is 1. The Morgan fingerprint density at radius 3 is 2.26 bits per heavy atom. The maximum Gasteiger partial charge on any atom is 0 e. The summed E-state index contributed by atoms with van der Waals surface area (Å²) in [5.74, 6) is 0.738. The number of hydrogen-bond acceptors (Lipinski definition) is 3. The standard InChI is InChI=1S/C19H20NSe.C11H20O2.Ir/c1-4-14(5-2)16-8-13(3)9-17(10-16)18-11-15-6-7-21-19(15)12-20-18;1-10(2,3)8(12)7-9(13)11(4,5)6;/h6-8,10-12,14H,4-5H2,1-3H3;7,12H,1-6H3;/q-1;;/b;8-7-;. The zero-order chi connectivity index (χ0) is 25.7. The van der Waals surface area contributed by atoms with Crippen LogP contribution in [0.3, 0.4) is 0 Å². The summed E-state index contributed by atoms with van der Waals surface area (Å²) in [5.41, 5.74) is 4.05. The van der Waals surface area contributed by atoms with Crippen LogP contribution in [0.2, 0.25) is 0 Å². The van der Waals surface area contributed by atoms with Gasteiger partial charge < -0.3 is 5.11 Å². The van der Waals surface area contributed by atoms with E-state index < -0.39 is 5.41 Å². The summed E-state index contributed by atoms with van der Waals surface area (Å²) in [6.45, 7) is 17.8. The van der Waals surface area contributed by atoms with E-state index in [0.717, 1.165) is 11.3 Å². The van der Waals surface area contributed by atoms with Crippen molar-refractivity contribution >= 4 is 29.9 Å². The van der Waals surface area contributed by atoms with Crippen molar-refractivity contribution in [3.05, 3.63) is 64.4 Å². The molecular weight excluding hydrogens is 678 g/mol. The van der Waals surface area contributed by atoms with Crippen LogP contribution >= 0.6 is 0 Å². The molecule has 5 heteroatoms. The van der Waals surface area contributed by atoms with E-state index in [1.165, 1.54) is 39.7 Å². The van der Waals surface area contributed by atoms with Gasteiger partial charge in [-0.15, -0.1) is 0 Å². The van der Waals surface area contributed by atoms with E-state index in [9.17, 15) is 9.90 Å². The van der Waals surface area contributed by atoms with E-state index in [4.69, 9.17) is 0 Å². The van der Waals surface area contributed by atoms with Gasteiger partial charge >= 0.3 is 133 Å². The number of aromatic nitrogens is 1. The number of pyridine rings is 1. The number of fused-ring (bicyclic) bond motifs is 1. The third kappa shape index (κ3) is 9.14. The Morgan fingerprint density at radius 2 is 1.71 bits per heavy atom. The average Bonchev–Trinajstić information content (AvgIpc) is 3.21. The number of carbonyl (C=O) groups is 1. The predicted octanol–water partition coefficient (Wildman–Crippen LogP) is 8.06. The molecule has 0 amide bonds. The molecule has 193 valence electrons. The first-order chi connectivity index (χ1) is 15.8. The molecule has 1 aromatic carbocycles. The van der Waals surface area contributed by atoms with Crippen LogP contribution in [-0.2, 0) is 24.9 Å². The number of hydrogen-bond donors (Lipinski definition) is 1. The molecule has 3 aromatic rings. The van der Waals surface area contributed by atoms with Crippen molar-refractivity contribution in [2.45, 2.75) is 81.1 Å². The molecule has 0 aliphatic heterocycles. The van der Waals surface area contributed by atoms with Gasteiger partial charge in [-0.3, -0.25) is 4.79 Å². The zero-order valence-electron chi connectivity index (χ0n) is 22.6. The number of allylic oxidation sites excluding steroid dienone is 2. The summed E-state index contributed by atoms with van der Waals surface area (Å²) in [6, 6.07) is 12.5. The molecule has 0 spiro atoms. The summed E-state index contributed by atoms with van der Waals surface area (Å²) in [4.78, 5) is 18.4. The van der Waals surface area contributed by atoms with Gasteiger partial charge in [0.1, 0.15) is 5.76 Å². The molecule has 2 aromatic heterocycles. The maximum absolute atomic E-state index is 11.5. The van der Waals surface area contributed by atoms with Crippen LogP contribution in [-0.4, -0.2) is 30.4 Å². The van der Waals surface area contributed by atoms with Crippen molar-refractivity contribution in [1.29, 1.82) is 0 Å². The van der Waals surface area contributed by atoms with Crippen molar-refractivity contribution in [1.82, 2.24) is 4.98 Å². The van der Waals surface area contributed by atoms with Crippen molar-refractivity contribution in [2.24, 2.45) is 10.8 Å². The van der Waals surface area contributed by atoms with E-state index in [-0.39, 0.29) is 37.1 Å². The topological polar surface area (TPSA) is 50.2 Å². The SMILES string of the molecule is CC(C)(C)C(=O)/C=C(\O)C(C)(C)C.CCC(CC)c1cc(C)[c-]c(-c2cc3cc[se]c3cn2)c1.[Ir]. The molecule has 3 nitrogen and oxygen atoms in total. The summed E-state index contributed by atoms with van der Waals surface area (Å²) in [6.07, 6.45) is 5.74. The Bertz CT molecular complexity index is 1150. The fourth-order valence-corrected chi connectivity index (χ4v) is 5.00. The third-order valence-electron chi connectivity index (χ3n) is 5.87. The number of aliphatic hydroxyl groups excluding tert-OH is 1. The molecule has 1 radical (unpaired) electrons. The third-order valence-corrected chi connectivity index (χ3v) is 7.69. The fraction of sp³-hybridized carbons (Fsp3) is 0.467. The molecule has 1 N–H and O–H groups in total. The summed E-state index contributed by atoms with van der Waals surface area (Å²) in [5, 5.41) is 10.9. The van der Waals surface area contributed by atoms with Gasteiger partial charge in [-0.1, -0.05) is 41.5 Å². The molecule has 0 saturated carbocycles. The Balaban J connectivity index is 0.000000383. The van der Waals surface area contributed by atoms with Crippen LogP contribution in [0.5, 0.6) is 0 Å². The normalized spacial score (nSPS) is 12.2. The van der Waals surface area contributed by atoms with Gasteiger partial charge in [-0.2, -0.15) is 0 Å². The van der Waals surface area contributed by atoms with Crippen LogP contribution < -0.4 is 0 Å². The second-order valence-corrected chi connectivity index (χ2v) is 12.9. The molecule has 0 aliphatic rings. The van der Waals surface area contributed by atoms with Crippen molar-refractivity contribution in [3.8, 4) is 11.3 Å². The van der Waals surface area contributed by atoms with E-state index in [0.29, 0.717) is 20.4 Å². The molecule has 0 unspecified atom stereocenters. The van der Waals surface area contributed by atoms with Crippen LogP contribution in [0.25, 0.3) is 20.9 Å². The van der Waals surface area contributed by atoms with Crippen LogP contribution in [0.1, 0.15) is 85.3 Å². The van der Waals surface area contributed by atoms with Crippen LogP contribution in [0.4, 0.5) is 0 Å². The summed E-state index contributed by atoms with van der Waals surface area (Å²) in [7, 11) is 0. The van der Waals surface area contributed by atoms with Crippen molar-refractivity contribution in [2.75, 3.05) is 0 Å². The minimum Gasteiger partial charge on any atom is 0 e. The minimum absolute atomic E-state index is 0. The van der Waals surface area contributed by atoms with Gasteiger partial charge in [-0.05, 0) is 0 Å². The van der Waals surface area contributed by atoms with Gasteiger partial charge in [0.05, 0.1) is 0 Å². The summed E-state index contributed by atoms with van der Waals surface area (Å²) < 4.78 is 1.39. The van der Waals surface area contributed by atoms with E-state index in [1.807, 2.05) is 47.7 Å². The molecular formula is C30H40IrNO2Se-. The summed E-state index contributed by atoms with van der Waals surface area (Å²) >= 11 is 0.470. The second-order valence-electron chi connectivity index (χ2n) is 10.9. The van der Waals surface area contributed by atoms with E-state index in [2.05, 4.69) is 61.0 Å². The van der Waals surface area contributed by atoms with Gasteiger partial charge in [0.2, 0.25) is 0 Å². The second kappa shape index (κ2) is 13.2. The first-order valence-electron chi connectivity index (χ1n) is 12.1. The molecule has 0 bridgehead atoms. The number of ketones is 1. The van der Waals surface area contributed by atoms with Gasteiger partial charge in [0.15, 0.2) is 5.78 Å². The Morgan fingerprint density at radius 1 is 1.09 bits per heavy atom. The Labute approximate surface area is 231 Å². The Kier molecular flexibility index (Phi) is 11.8. The van der Waals surface area contributed by atoms with E-state index in [1.54, 1.807) is 0 Å². The first-order valence-corrected chi connectivity index (χ1v) is 13.9. The van der Waals surface area contributed by atoms with Gasteiger partial charge in [0.25, 0.3) is 0 Å². The fourth-order valence-electron chi connectivity index (χ4n) is 3.45. The number of rotatable bonds is 5. The number of aliphatic hydroxyl groups is 1. The molecule has 35 heavy (non-hydrogen) atoms. The van der Waals surface area contributed by atoms with Gasteiger partial charge in [-0.25, -0.2) is 0 Å². The first kappa shape index (κ1) is 31.5. The largest absolute Gasteiger partial charge is 0 e. The smallest absolute Gasteiger partial charge is 0 e. The molecule has 2 heterocycles. The maximum atomic E-state index is 11.5. The Hall–Kier alpha value is -1.51. The quantitative estimate of drug-likeness (QED) is 0.126. The minimum atomic E-state index is -0.417. The van der Waals surface area contributed by atoms with Crippen molar-refractivity contribution < 1.29 is 30.0 Å². The van der Waals surface area contributed by atoms with Crippen LogP contribution in [0, 0.1) is 23.8 Å². The molecule has 0 fully saturated rings. The van der Waals surface area contributed by atoms with E-state index >= 15 is 0 Å². The zero-order valence-corrected chi connectivity index (χ0v) is 26.7. The van der Waals surface area contributed by atoms with Gasteiger partial charge in [0, 0.05) is 37.0 Å². The number of carbonyl (C=O) groups excluding carboxylic acids is 1. The number of benzene rings is 1. The molecule has 0 aliphatic carbocycles. The predicted molar refractivity (Wildman–Crippen MR) is 146 cm³/mol. The van der Waals surface area contributed by atoms with Crippen LogP contribution in [0.15, 0.2) is 47.2 Å². The molecule has 0 atom stereocenters. The molecule has 0 saturated heterocycles. The van der Waals surface area contributed by atoms with Crippen molar-refractivity contribution in [3.63, 3.8) is 0 Å².